The van der Waals surface area contributed by atoms with Gasteiger partial charge in [-0.15, -0.1) is 0 Å². The molecule has 0 radical (unpaired) electrons. The summed E-state index contributed by atoms with van der Waals surface area (Å²) in [4.78, 5) is 41.5. The summed E-state index contributed by atoms with van der Waals surface area (Å²) in [5.41, 5.74) is 3.02. The lowest BCUT2D eigenvalue weighted by atomic mass is 9.99. The second-order valence-electron chi connectivity index (χ2n) is 10.8. The molecule has 232 valence electrons. The molecule has 12 heteroatoms. The number of alkyl halides is 3. The highest BCUT2D eigenvalue weighted by Crippen LogP contribution is 2.32. The van der Waals surface area contributed by atoms with Gasteiger partial charge in [0.2, 0.25) is 0 Å². The predicted octanol–water partition coefficient (Wildman–Crippen LogP) is 6.50. The van der Waals surface area contributed by atoms with E-state index in [4.69, 9.17) is 4.74 Å². The van der Waals surface area contributed by atoms with Gasteiger partial charge >= 0.3 is 12.1 Å². The van der Waals surface area contributed by atoms with Crippen molar-refractivity contribution in [2.45, 2.75) is 39.3 Å². The number of aromatic nitrogens is 4. The smallest absolute Gasteiger partial charge is 0.416 e. The molecule has 2 heterocycles. The Balaban J connectivity index is 1.27. The van der Waals surface area contributed by atoms with E-state index in [9.17, 15) is 27.6 Å². The second kappa shape index (κ2) is 12.8. The van der Waals surface area contributed by atoms with Gasteiger partial charge in [0.1, 0.15) is 5.69 Å². The number of Topliss-reactive ketones (excluding diaryl/α,β-unsaturated/α-hetero) is 1. The van der Waals surface area contributed by atoms with Crippen LogP contribution in [0.25, 0.3) is 16.6 Å². The fraction of sp³-hybridized carbons (Fsp3) is 0.242. The van der Waals surface area contributed by atoms with Crippen LogP contribution in [0.5, 0.6) is 0 Å². The maximum absolute atomic E-state index is 13.7. The van der Waals surface area contributed by atoms with Crippen molar-refractivity contribution in [3.05, 3.63) is 107 Å². The Hall–Kier alpha value is -5.26. The molecule has 1 atom stereocenters. The fourth-order valence-electron chi connectivity index (χ4n) is 5.07. The van der Waals surface area contributed by atoms with Crippen molar-refractivity contribution in [1.29, 1.82) is 0 Å². The number of rotatable bonds is 10. The van der Waals surface area contributed by atoms with Gasteiger partial charge in [0.05, 0.1) is 30.4 Å². The number of esters is 1. The Morgan fingerprint density at radius 1 is 1.02 bits per heavy atom. The van der Waals surface area contributed by atoms with Crippen LogP contribution in [0.4, 0.5) is 18.9 Å². The molecule has 1 amide bonds. The number of aryl methyl sites for hydroxylation is 3. The number of ketones is 1. The van der Waals surface area contributed by atoms with Crippen LogP contribution in [0, 0.1) is 12.8 Å². The summed E-state index contributed by atoms with van der Waals surface area (Å²) in [5.74, 6) is -1.97. The molecule has 2 N–H and O–H groups in total. The Labute approximate surface area is 256 Å². The second-order valence-corrected chi connectivity index (χ2v) is 10.8. The molecule has 9 nitrogen and oxygen atoms in total. The monoisotopic (exact) mass is 617 g/mol. The molecule has 2 aromatic heterocycles. The lowest BCUT2D eigenvalue weighted by Crippen LogP contribution is -2.17. The van der Waals surface area contributed by atoms with Crippen LogP contribution in [0.1, 0.15) is 56.6 Å². The van der Waals surface area contributed by atoms with Gasteiger partial charge in [-0.25, -0.2) is 4.98 Å². The number of anilines is 1. The number of benzene rings is 3. The average molecular weight is 618 g/mol. The van der Waals surface area contributed by atoms with Crippen LogP contribution in [0.3, 0.4) is 0 Å². The fourth-order valence-corrected chi connectivity index (χ4v) is 5.07. The number of halogens is 3. The van der Waals surface area contributed by atoms with Crippen LogP contribution in [-0.2, 0) is 28.5 Å². The minimum Gasteiger partial charge on any atom is -0.469 e. The van der Waals surface area contributed by atoms with Gasteiger partial charge < -0.3 is 14.6 Å². The molecule has 0 bridgehead atoms. The number of amides is 1. The number of nitrogens with zero attached hydrogens (tertiary/aromatic N) is 3. The number of nitrogens with one attached hydrogen (secondary N) is 2. The third-order valence-corrected chi connectivity index (χ3v) is 7.48. The summed E-state index contributed by atoms with van der Waals surface area (Å²) in [7, 11) is 1.28. The summed E-state index contributed by atoms with van der Waals surface area (Å²) >= 11 is 0. The molecule has 0 fully saturated rings. The molecular formula is C33H30F3N5O4. The Morgan fingerprint density at radius 3 is 2.47 bits per heavy atom. The first-order chi connectivity index (χ1) is 21.4. The van der Waals surface area contributed by atoms with E-state index in [1.54, 1.807) is 32.0 Å². The molecule has 0 unspecified atom stereocenters. The summed E-state index contributed by atoms with van der Waals surface area (Å²) in [6.07, 6.45) is -0.491. The third-order valence-electron chi connectivity index (χ3n) is 7.48. The maximum Gasteiger partial charge on any atom is 0.416 e. The quantitative estimate of drug-likeness (QED) is 0.137. The molecule has 45 heavy (non-hydrogen) atoms. The Bertz CT molecular complexity index is 1890. The van der Waals surface area contributed by atoms with Gasteiger partial charge in [0.15, 0.2) is 5.78 Å². The molecular weight excluding hydrogens is 587 g/mol. The standard InChI is InChI=1S/C33H30F3N5O4/c1-19(32(44)45-3)11-29(42)30-27-10-9-22(13-28(27)39-40-30)8-7-21-5-4-6-25(12-21)38-31(43)23-14-24(33(34,35)36)16-26(15-23)41-18-37-17-20(41)2/h4-6,9-10,12-19H,7-8,11H2,1-3H3,(H,38,43)(H,39,40)/t19-/m1/s1. The van der Waals surface area contributed by atoms with Gasteiger partial charge in [-0.1, -0.05) is 31.2 Å². The topological polar surface area (TPSA) is 119 Å². The molecule has 0 saturated carbocycles. The lowest BCUT2D eigenvalue weighted by molar-refractivity contribution is -0.144. The van der Waals surface area contributed by atoms with Crippen LogP contribution >= 0.6 is 0 Å². The number of imidazole rings is 1. The molecule has 0 aliphatic rings. The first-order valence-electron chi connectivity index (χ1n) is 14.1. The minimum atomic E-state index is -4.64. The zero-order valence-electron chi connectivity index (χ0n) is 24.7. The van der Waals surface area contributed by atoms with E-state index in [1.165, 1.54) is 30.3 Å². The van der Waals surface area contributed by atoms with Crippen molar-refractivity contribution in [1.82, 2.24) is 19.7 Å². The summed E-state index contributed by atoms with van der Waals surface area (Å²) in [6.45, 7) is 3.34. The number of ether oxygens (including phenoxy) is 1. The molecule has 5 aromatic rings. The number of hydrogen-bond donors (Lipinski definition) is 2. The number of carbonyl (C=O) groups is 3. The van der Waals surface area contributed by atoms with Gasteiger partial charge in [-0.05, 0) is 67.3 Å². The van der Waals surface area contributed by atoms with Crippen molar-refractivity contribution in [3.8, 4) is 5.69 Å². The SMILES string of the molecule is COC(=O)[C@H](C)CC(=O)c1n[nH]c2cc(CCc3cccc(NC(=O)c4cc(-n5cncc5C)cc(C(F)(F)F)c4)c3)ccc12. The largest absolute Gasteiger partial charge is 0.469 e. The highest BCUT2D eigenvalue weighted by Gasteiger charge is 2.32. The first kappa shape index (κ1) is 31.2. The van der Waals surface area contributed by atoms with Gasteiger partial charge in [0.25, 0.3) is 5.91 Å². The van der Waals surface area contributed by atoms with E-state index < -0.39 is 29.5 Å². The number of H-pyrrole nitrogens is 1. The molecule has 0 saturated heterocycles. The van der Waals surface area contributed by atoms with Crippen LogP contribution < -0.4 is 5.32 Å². The van der Waals surface area contributed by atoms with Gasteiger partial charge in [-0.2, -0.15) is 18.3 Å². The van der Waals surface area contributed by atoms with E-state index in [0.717, 1.165) is 23.3 Å². The third kappa shape index (κ3) is 7.11. The molecule has 0 spiro atoms. The number of fused-ring (bicyclic) bond motifs is 1. The summed E-state index contributed by atoms with van der Waals surface area (Å²) in [6, 6.07) is 15.9. The van der Waals surface area contributed by atoms with Crippen molar-refractivity contribution in [2.24, 2.45) is 5.92 Å². The Kier molecular flexibility index (Phi) is 8.84. The minimum absolute atomic E-state index is 0.0134. The summed E-state index contributed by atoms with van der Waals surface area (Å²) < 4.78 is 47.2. The van der Waals surface area contributed by atoms with E-state index in [-0.39, 0.29) is 29.1 Å². The van der Waals surface area contributed by atoms with Gasteiger partial charge in [-0.3, -0.25) is 19.5 Å². The molecule has 5 rings (SSSR count). The summed E-state index contributed by atoms with van der Waals surface area (Å²) in [5, 5.41) is 10.4. The van der Waals surface area contributed by atoms with Crippen molar-refractivity contribution >= 4 is 34.3 Å². The van der Waals surface area contributed by atoms with Crippen LogP contribution in [0.15, 0.2) is 73.2 Å². The van der Waals surface area contributed by atoms with E-state index in [2.05, 4.69) is 20.5 Å². The van der Waals surface area contributed by atoms with Crippen molar-refractivity contribution < 1.29 is 32.3 Å². The predicted molar refractivity (Wildman–Crippen MR) is 161 cm³/mol. The van der Waals surface area contributed by atoms with Crippen LogP contribution in [-0.4, -0.2) is 44.5 Å². The van der Waals surface area contributed by atoms with Crippen LogP contribution in [0.2, 0.25) is 0 Å². The first-order valence-corrected chi connectivity index (χ1v) is 14.1. The normalized spacial score (nSPS) is 12.2. The zero-order chi connectivity index (χ0) is 32.3. The number of methoxy groups -OCH3 is 1. The Morgan fingerprint density at radius 2 is 1.78 bits per heavy atom. The highest BCUT2D eigenvalue weighted by atomic mass is 19.4. The molecule has 0 aliphatic carbocycles. The van der Waals surface area contributed by atoms with E-state index >= 15 is 0 Å². The molecule has 3 aromatic carbocycles. The van der Waals surface area contributed by atoms with Crippen molar-refractivity contribution in [3.63, 3.8) is 0 Å². The molecule has 0 aliphatic heterocycles. The highest BCUT2D eigenvalue weighted by molar-refractivity contribution is 6.07. The van der Waals surface area contributed by atoms with E-state index in [1.807, 2.05) is 24.3 Å². The van der Waals surface area contributed by atoms with E-state index in [0.29, 0.717) is 35.1 Å². The van der Waals surface area contributed by atoms with Crippen molar-refractivity contribution in [2.75, 3.05) is 12.4 Å². The number of carbonyl (C=O) groups excluding carboxylic acids is 3. The maximum atomic E-state index is 13.7. The zero-order valence-corrected chi connectivity index (χ0v) is 24.7. The number of hydrogen-bond acceptors (Lipinski definition) is 6. The van der Waals surface area contributed by atoms with Gasteiger partial charge in [0, 0.05) is 40.6 Å². The lowest BCUT2D eigenvalue weighted by Gasteiger charge is -2.14. The average Bonchev–Trinajstić information content (AvgIpc) is 3.65. The number of aromatic amines is 1.